The third-order valence-electron chi connectivity index (χ3n) is 1.85. The third kappa shape index (κ3) is 3.53. The van der Waals surface area contributed by atoms with E-state index in [4.69, 9.17) is 22.4 Å². The second-order valence-corrected chi connectivity index (χ2v) is 3.10. The maximum atomic E-state index is 8.94. The van der Waals surface area contributed by atoms with Crippen LogP contribution in [0.15, 0.2) is 24.3 Å². The number of hydrogen-bond acceptors (Lipinski definition) is 2. The highest BCUT2D eigenvalue weighted by atomic mass is 35.5. The predicted molar refractivity (Wildman–Crippen MR) is 57.6 cm³/mol. The Morgan fingerprint density at radius 1 is 1.31 bits per heavy atom. The summed E-state index contributed by atoms with van der Waals surface area (Å²) in [5.41, 5.74) is 6.49. The van der Waals surface area contributed by atoms with Crippen molar-refractivity contribution in [1.82, 2.24) is 0 Å². The van der Waals surface area contributed by atoms with Gasteiger partial charge in [0.2, 0.25) is 0 Å². The van der Waals surface area contributed by atoms with Gasteiger partial charge in [-0.15, -0.1) is 12.4 Å². The van der Waals surface area contributed by atoms with Crippen LogP contribution in [0.25, 0.3) is 0 Å². The molecule has 0 bridgehead atoms. The van der Waals surface area contributed by atoms with E-state index in [1.54, 1.807) is 12.1 Å². The van der Waals surface area contributed by atoms with E-state index < -0.39 is 0 Å². The van der Waals surface area contributed by atoms with E-state index in [-0.39, 0.29) is 24.9 Å². The summed E-state index contributed by atoms with van der Waals surface area (Å²) < 4.78 is 0. The van der Waals surface area contributed by atoms with E-state index in [0.29, 0.717) is 11.6 Å². The molecular formula is C9H13Cl2NO. The molecule has 3 N–H and O–H groups in total. The van der Waals surface area contributed by atoms with Gasteiger partial charge in [0.1, 0.15) is 0 Å². The summed E-state index contributed by atoms with van der Waals surface area (Å²) in [6, 6.07) is 7.37. The lowest BCUT2D eigenvalue weighted by molar-refractivity contribution is 0.268. The van der Waals surface area contributed by atoms with Crippen LogP contribution in [0.5, 0.6) is 0 Å². The Balaban J connectivity index is 0.00000144. The van der Waals surface area contributed by atoms with Crippen molar-refractivity contribution < 1.29 is 5.11 Å². The number of nitrogens with two attached hydrogens (primary N) is 1. The molecule has 74 valence electrons. The molecule has 0 heterocycles. The largest absolute Gasteiger partial charge is 0.396 e. The smallest absolute Gasteiger partial charge is 0.0511 e. The highest BCUT2D eigenvalue weighted by Crippen LogP contribution is 2.16. The van der Waals surface area contributed by atoms with Gasteiger partial charge in [-0.2, -0.15) is 0 Å². The van der Waals surface area contributed by atoms with Crippen LogP contribution in [0.1, 0.15) is 11.5 Å². The van der Waals surface area contributed by atoms with Crippen molar-refractivity contribution in [1.29, 1.82) is 0 Å². The van der Waals surface area contributed by atoms with Gasteiger partial charge in [0.05, 0.1) is 6.61 Å². The van der Waals surface area contributed by atoms with Crippen LogP contribution < -0.4 is 5.73 Å². The van der Waals surface area contributed by atoms with Crippen LogP contribution in [0, 0.1) is 0 Å². The lowest BCUT2D eigenvalue weighted by Gasteiger charge is -2.11. The fraction of sp³-hybridized carbons (Fsp3) is 0.333. The van der Waals surface area contributed by atoms with Gasteiger partial charge in [-0.05, 0) is 17.7 Å². The van der Waals surface area contributed by atoms with Crippen molar-refractivity contribution in [2.45, 2.75) is 5.92 Å². The lowest BCUT2D eigenvalue weighted by atomic mass is 10.0. The Morgan fingerprint density at radius 3 is 2.23 bits per heavy atom. The zero-order chi connectivity index (χ0) is 8.97. The molecule has 0 spiro atoms. The van der Waals surface area contributed by atoms with Crippen LogP contribution in [0.2, 0.25) is 5.02 Å². The molecule has 0 aromatic heterocycles. The summed E-state index contributed by atoms with van der Waals surface area (Å²) in [6.07, 6.45) is 0. The second-order valence-electron chi connectivity index (χ2n) is 2.67. The van der Waals surface area contributed by atoms with Crippen molar-refractivity contribution in [3.63, 3.8) is 0 Å². The van der Waals surface area contributed by atoms with Gasteiger partial charge in [-0.1, -0.05) is 23.7 Å². The normalized spacial score (nSPS) is 11.9. The zero-order valence-electron chi connectivity index (χ0n) is 7.11. The fourth-order valence-electron chi connectivity index (χ4n) is 1.05. The number of rotatable bonds is 3. The van der Waals surface area contributed by atoms with Crippen LogP contribution in [0.3, 0.4) is 0 Å². The maximum Gasteiger partial charge on any atom is 0.0511 e. The highest BCUT2D eigenvalue weighted by Gasteiger charge is 2.06. The first-order valence-corrected chi connectivity index (χ1v) is 4.22. The minimum atomic E-state index is 0. The van der Waals surface area contributed by atoms with E-state index in [0.717, 1.165) is 5.56 Å². The summed E-state index contributed by atoms with van der Waals surface area (Å²) in [4.78, 5) is 0. The van der Waals surface area contributed by atoms with E-state index in [9.17, 15) is 0 Å². The van der Waals surface area contributed by atoms with Gasteiger partial charge >= 0.3 is 0 Å². The molecule has 1 rings (SSSR count). The van der Waals surface area contributed by atoms with Gasteiger partial charge in [-0.25, -0.2) is 0 Å². The standard InChI is InChI=1S/C9H12ClNO.ClH/c10-9-3-1-7(2-4-9)8(5-11)6-12;/h1-4,8,12H,5-6,11H2;1H/t8-;/m1./s1. The van der Waals surface area contributed by atoms with Crippen LogP contribution in [-0.2, 0) is 0 Å². The molecule has 0 fully saturated rings. The molecule has 0 aliphatic rings. The van der Waals surface area contributed by atoms with Gasteiger partial charge in [-0.3, -0.25) is 0 Å². The average Bonchev–Trinajstić information content (AvgIpc) is 2.10. The highest BCUT2D eigenvalue weighted by molar-refractivity contribution is 6.30. The minimum Gasteiger partial charge on any atom is -0.396 e. The molecule has 1 aromatic rings. The van der Waals surface area contributed by atoms with Crippen LogP contribution in [0.4, 0.5) is 0 Å². The van der Waals surface area contributed by atoms with Crippen molar-refractivity contribution in [2.75, 3.05) is 13.2 Å². The Bertz CT molecular complexity index is 234. The van der Waals surface area contributed by atoms with E-state index >= 15 is 0 Å². The number of benzene rings is 1. The van der Waals surface area contributed by atoms with Crippen LogP contribution in [-0.4, -0.2) is 18.3 Å². The zero-order valence-corrected chi connectivity index (χ0v) is 8.68. The lowest BCUT2D eigenvalue weighted by Crippen LogP contribution is -2.15. The van der Waals surface area contributed by atoms with E-state index in [1.165, 1.54) is 0 Å². The maximum absolute atomic E-state index is 8.94. The van der Waals surface area contributed by atoms with Crippen LogP contribution >= 0.6 is 24.0 Å². The Morgan fingerprint density at radius 2 is 1.85 bits per heavy atom. The summed E-state index contributed by atoms with van der Waals surface area (Å²) >= 11 is 5.71. The molecule has 0 unspecified atom stereocenters. The summed E-state index contributed by atoms with van der Waals surface area (Å²) in [5, 5.41) is 9.64. The second kappa shape index (κ2) is 6.22. The molecule has 1 atom stereocenters. The average molecular weight is 222 g/mol. The molecule has 0 saturated carbocycles. The van der Waals surface area contributed by atoms with Crippen molar-refractivity contribution in [2.24, 2.45) is 5.73 Å². The van der Waals surface area contributed by atoms with Gasteiger partial charge in [0.25, 0.3) is 0 Å². The first kappa shape index (κ1) is 12.7. The number of halogens is 2. The topological polar surface area (TPSA) is 46.2 Å². The molecular weight excluding hydrogens is 209 g/mol. The number of aliphatic hydroxyl groups excluding tert-OH is 1. The third-order valence-corrected chi connectivity index (χ3v) is 2.10. The molecule has 0 saturated heterocycles. The molecule has 13 heavy (non-hydrogen) atoms. The van der Waals surface area contributed by atoms with Crippen molar-refractivity contribution >= 4 is 24.0 Å². The van der Waals surface area contributed by atoms with Gasteiger partial charge in [0, 0.05) is 17.5 Å². The molecule has 4 heteroatoms. The molecule has 0 aliphatic heterocycles. The summed E-state index contributed by atoms with van der Waals surface area (Å²) in [7, 11) is 0. The molecule has 1 aromatic carbocycles. The van der Waals surface area contributed by atoms with Crippen molar-refractivity contribution in [3.05, 3.63) is 34.9 Å². The SMILES string of the molecule is Cl.NC[C@H](CO)c1ccc(Cl)cc1. The number of hydrogen-bond donors (Lipinski definition) is 2. The Labute approximate surface area is 89.1 Å². The number of aliphatic hydroxyl groups is 1. The summed E-state index contributed by atoms with van der Waals surface area (Å²) in [5.74, 6) is 0.0299. The Kier molecular flexibility index (Phi) is 6.08. The van der Waals surface area contributed by atoms with E-state index in [2.05, 4.69) is 0 Å². The first-order valence-electron chi connectivity index (χ1n) is 3.84. The molecule has 0 amide bonds. The minimum absolute atomic E-state index is 0. The Hall–Kier alpha value is -0.280. The first-order chi connectivity index (χ1) is 5.77. The fourth-order valence-corrected chi connectivity index (χ4v) is 1.18. The molecule has 0 radical (unpaired) electrons. The predicted octanol–water partition coefficient (Wildman–Crippen LogP) is 1.80. The quantitative estimate of drug-likeness (QED) is 0.818. The van der Waals surface area contributed by atoms with E-state index in [1.807, 2.05) is 12.1 Å². The monoisotopic (exact) mass is 221 g/mol. The van der Waals surface area contributed by atoms with Crippen molar-refractivity contribution in [3.8, 4) is 0 Å². The molecule has 2 nitrogen and oxygen atoms in total. The van der Waals surface area contributed by atoms with Gasteiger partial charge < -0.3 is 10.8 Å². The van der Waals surface area contributed by atoms with Gasteiger partial charge in [0.15, 0.2) is 0 Å². The molecule has 0 aliphatic carbocycles. The summed E-state index contributed by atoms with van der Waals surface area (Å²) in [6.45, 7) is 0.538.